The molecule has 0 aliphatic carbocycles. The molecule has 1 rings (SSSR count). The first-order chi connectivity index (χ1) is 7.22. The molecule has 0 fully saturated rings. The molecule has 0 aliphatic heterocycles. The smallest absolute Gasteiger partial charge is 0.229 e. The molecular formula is C11H8N2OS. The van der Waals surface area contributed by atoms with Gasteiger partial charge in [-0.05, 0) is 36.5 Å². The first kappa shape index (κ1) is 11.1. The average molecular weight is 216 g/mol. The predicted octanol–water partition coefficient (Wildman–Crippen LogP) is 1.65. The standard InChI is InChI=1S/C11H8N2OS/c12-11(14)3-1-2-9-4-6-10(7-5-9)13-8-15/h4-7H,3H2,(H2,12,14). The van der Waals surface area contributed by atoms with Crippen molar-refractivity contribution in [3.8, 4) is 11.8 Å². The number of rotatable bonds is 2. The third kappa shape index (κ3) is 4.19. The first-order valence-corrected chi connectivity index (χ1v) is 4.58. The average Bonchev–Trinajstić information content (AvgIpc) is 2.20. The number of benzene rings is 1. The van der Waals surface area contributed by atoms with Crippen LogP contribution in [0.4, 0.5) is 5.69 Å². The van der Waals surface area contributed by atoms with Crippen molar-refractivity contribution in [2.24, 2.45) is 10.7 Å². The third-order valence-corrected chi connectivity index (χ3v) is 1.63. The maximum atomic E-state index is 10.4. The monoisotopic (exact) mass is 216 g/mol. The summed E-state index contributed by atoms with van der Waals surface area (Å²) in [5.74, 6) is 5.04. The van der Waals surface area contributed by atoms with Gasteiger partial charge in [0.1, 0.15) is 0 Å². The van der Waals surface area contributed by atoms with Gasteiger partial charge in [-0.1, -0.05) is 11.8 Å². The summed E-state index contributed by atoms with van der Waals surface area (Å²) < 4.78 is 0. The van der Waals surface area contributed by atoms with Crippen molar-refractivity contribution in [1.29, 1.82) is 0 Å². The minimum Gasteiger partial charge on any atom is -0.369 e. The van der Waals surface area contributed by atoms with E-state index in [2.05, 4.69) is 34.2 Å². The van der Waals surface area contributed by atoms with E-state index in [9.17, 15) is 4.79 Å². The summed E-state index contributed by atoms with van der Waals surface area (Å²) in [6, 6.07) is 7.13. The number of primary amides is 1. The van der Waals surface area contributed by atoms with Crippen LogP contribution in [-0.4, -0.2) is 11.1 Å². The molecule has 1 aromatic carbocycles. The van der Waals surface area contributed by atoms with Crippen LogP contribution in [0.5, 0.6) is 0 Å². The number of hydrogen-bond donors (Lipinski definition) is 1. The van der Waals surface area contributed by atoms with Gasteiger partial charge in [0.25, 0.3) is 0 Å². The molecule has 1 aromatic rings. The van der Waals surface area contributed by atoms with E-state index in [0.29, 0.717) is 0 Å². The summed E-state index contributed by atoms with van der Waals surface area (Å²) in [6.07, 6.45) is 0.0693. The van der Waals surface area contributed by atoms with Crippen LogP contribution in [0.25, 0.3) is 0 Å². The highest BCUT2D eigenvalue weighted by molar-refractivity contribution is 7.78. The summed E-state index contributed by atoms with van der Waals surface area (Å²) in [6.45, 7) is 0. The summed E-state index contributed by atoms with van der Waals surface area (Å²) >= 11 is 4.47. The SMILES string of the molecule is NC(=O)CC#Cc1ccc(N=C=S)cc1. The molecule has 0 bridgehead atoms. The number of carbonyl (C=O) groups excluding carboxylic acids is 1. The minimum atomic E-state index is -0.426. The van der Waals surface area contributed by atoms with Crippen LogP contribution in [0.3, 0.4) is 0 Å². The van der Waals surface area contributed by atoms with Gasteiger partial charge in [0.2, 0.25) is 5.91 Å². The molecule has 0 radical (unpaired) electrons. The van der Waals surface area contributed by atoms with Crippen LogP contribution in [-0.2, 0) is 4.79 Å². The number of carbonyl (C=O) groups is 1. The molecule has 74 valence electrons. The maximum absolute atomic E-state index is 10.4. The van der Waals surface area contributed by atoms with Gasteiger partial charge in [-0.15, -0.1) is 0 Å². The summed E-state index contributed by atoms with van der Waals surface area (Å²) in [5.41, 5.74) is 6.48. The van der Waals surface area contributed by atoms with Crippen LogP contribution >= 0.6 is 12.2 Å². The fraction of sp³-hybridized carbons (Fsp3) is 0.0909. The lowest BCUT2D eigenvalue weighted by Gasteiger charge is -1.91. The van der Waals surface area contributed by atoms with Gasteiger partial charge in [0.05, 0.1) is 17.3 Å². The second-order valence-electron chi connectivity index (χ2n) is 2.69. The summed E-state index contributed by atoms with van der Waals surface area (Å²) in [7, 11) is 0. The Balaban J connectivity index is 2.74. The highest BCUT2D eigenvalue weighted by Gasteiger charge is 1.89. The Morgan fingerprint density at radius 2 is 2.07 bits per heavy atom. The lowest BCUT2D eigenvalue weighted by atomic mass is 10.2. The van der Waals surface area contributed by atoms with Gasteiger partial charge in [0.15, 0.2) is 0 Å². The van der Waals surface area contributed by atoms with Crippen molar-refractivity contribution in [2.45, 2.75) is 6.42 Å². The van der Waals surface area contributed by atoms with Crippen molar-refractivity contribution in [1.82, 2.24) is 0 Å². The zero-order chi connectivity index (χ0) is 11.1. The molecular weight excluding hydrogens is 208 g/mol. The maximum Gasteiger partial charge on any atom is 0.229 e. The second kappa shape index (κ2) is 5.71. The molecule has 0 saturated carbocycles. The number of hydrogen-bond acceptors (Lipinski definition) is 3. The van der Waals surface area contributed by atoms with Crippen LogP contribution < -0.4 is 5.73 Å². The Bertz CT molecular complexity index is 462. The molecule has 15 heavy (non-hydrogen) atoms. The van der Waals surface area contributed by atoms with Gasteiger partial charge in [-0.2, -0.15) is 4.99 Å². The third-order valence-electron chi connectivity index (χ3n) is 1.54. The van der Waals surface area contributed by atoms with Crippen molar-refractivity contribution in [3.63, 3.8) is 0 Å². The largest absolute Gasteiger partial charge is 0.369 e. The van der Waals surface area contributed by atoms with E-state index in [4.69, 9.17) is 5.73 Å². The topological polar surface area (TPSA) is 55.5 Å². The number of isothiocyanates is 1. The van der Waals surface area contributed by atoms with Crippen molar-refractivity contribution < 1.29 is 4.79 Å². The fourth-order valence-electron chi connectivity index (χ4n) is 0.905. The molecule has 1 amide bonds. The molecule has 0 heterocycles. The summed E-state index contributed by atoms with van der Waals surface area (Å²) in [4.78, 5) is 14.2. The van der Waals surface area contributed by atoms with Crippen molar-refractivity contribution in [3.05, 3.63) is 29.8 Å². The van der Waals surface area contributed by atoms with Crippen molar-refractivity contribution >= 4 is 29.0 Å². The van der Waals surface area contributed by atoms with Gasteiger partial charge >= 0.3 is 0 Å². The second-order valence-corrected chi connectivity index (χ2v) is 2.88. The Hall–Kier alpha value is -1.95. The van der Waals surface area contributed by atoms with E-state index in [1.54, 1.807) is 24.3 Å². The van der Waals surface area contributed by atoms with Crippen LogP contribution in [0.15, 0.2) is 29.3 Å². The van der Waals surface area contributed by atoms with Crippen molar-refractivity contribution in [2.75, 3.05) is 0 Å². The van der Waals surface area contributed by atoms with Crippen LogP contribution in [0.2, 0.25) is 0 Å². The zero-order valence-electron chi connectivity index (χ0n) is 7.86. The van der Waals surface area contributed by atoms with Crippen LogP contribution in [0, 0.1) is 11.8 Å². The van der Waals surface area contributed by atoms with Gasteiger partial charge in [-0.25, -0.2) is 0 Å². The molecule has 0 saturated heterocycles. The highest BCUT2D eigenvalue weighted by atomic mass is 32.1. The number of nitrogens with two attached hydrogens (primary N) is 1. The van der Waals surface area contributed by atoms with E-state index in [-0.39, 0.29) is 6.42 Å². The minimum absolute atomic E-state index is 0.0693. The molecule has 2 N–H and O–H groups in total. The Morgan fingerprint density at radius 1 is 1.40 bits per heavy atom. The van der Waals surface area contributed by atoms with Gasteiger partial charge in [0, 0.05) is 5.56 Å². The number of amides is 1. The van der Waals surface area contributed by atoms with E-state index < -0.39 is 5.91 Å². The van der Waals surface area contributed by atoms with E-state index in [1.807, 2.05) is 0 Å². The zero-order valence-corrected chi connectivity index (χ0v) is 8.67. The van der Waals surface area contributed by atoms with Gasteiger partial charge in [-0.3, -0.25) is 4.79 Å². The Kier molecular flexibility index (Phi) is 4.24. The Morgan fingerprint density at radius 3 is 2.60 bits per heavy atom. The molecule has 0 spiro atoms. The molecule has 3 nitrogen and oxygen atoms in total. The lowest BCUT2D eigenvalue weighted by molar-refractivity contribution is -0.117. The van der Waals surface area contributed by atoms with E-state index in [1.165, 1.54) is 0 Å². The lowest BCUT2D eigenvalue weighted by Crippen LogP contribution is -2.08. The van der Waals surface area contributed by atoms with E-state index in [0.717, 1.165) is 11.3 Å². The molecule has 0 atom stereocenters. The predicted molar refractivity (Wildman–Crippen MR) is 61.8 cm³/mol. The first-order valence-electron chi connectivity index (χ1n) is 4.17. The normalized spacial score (nSPS) is 8.27. The molecule has 4 heteroatoms. The molecule has 0 unspecified atom stereocenters. The van der Waals surface area contributed by atoms with Gasteiger partial charge < -0.3 is 5.73 Å². The number of nitrogens with zero attached hydrogens (tertiary/aromatic N) is 1. The molecule has 0 aromatic heterocycles. The summed E-state index contributed by atoms with van der Waals surface area (Å²) in [5, 5.41) is 2.27. The number of thiocarbonyl (C=S) groups is 1. The Labute approximate surface area is 93.0 Å². The van der Waals surface area contributed by atoms with E-state index >= 15 is 0 Å². The fourth-order valence-corrected chi connectivity index (χ4v) is 1.01. The quantitative estimate of drug-likeness (QED) is 0.464. The number of aliphatic imine (C=N–C) groups is 1. The van der Waals surface area contributed by atoms with Crippen LogP contribution in [0.1, 0.15) is 12.0 Å². The highest BCUT2D eigenvalue weighted by Crippen LogP contribution is 2.11. The molecule has 0 aliphatic rings.